The Morgan fingerprint density at radius 1 is 1.48 bits per heavy atom. The summed E-state index contributed by atoms with van der Waals surface area (Å²) in [5, 5.41) is 12.6. The maximum Gasteiger partial charge on any atom is 0.451 e. The highest BCUT2D eigenvalue weighted by molar-refractivity contribution is 5.47. The van der Waals surface area contributed by atoms with Crippen LogP contribution in [0.5, 0.6) is 0 Å². The van der Waals surface area contributed by atoms with E-state index >= 15 is 0 Å². The number of nitrogen functional groups attached to an aromatic ring is 1. The van der Waals surface area contributed by atoms with Crippen LogP contribution in [0.15, 0.2) is 6.07 Å². The van der Waals surface area contributed by atoms with E-state index in [0.29, 0.717) is 18.8 Å². The number of aliphatic hydroxyl groups is 1. The zero-order valence-electron chi connectivity index (χ0n) is 11.7. The summed E-state index contributed by atoms with van der Waals surface area (Å²) < 4.78 is 38.1. The van der Waals surface area contributed by atoms with E-state index < -0.39 is 17.5 Å². The van der Waals surface area contributed by atoms with Gasteiger partial charge in [-0.1, -0.05) is 19.8 Å². The second-order valence-corrected chi connectivity index (χ2v) is 5.76. The van der Waals surface area contributed by atoms with Crippen molar-refractivity contribution in [3.8, 4) is 0 Å². The lowest BCUT2D eigenvalue weighted by Crippen LogP contribution is -2.46. The fraction of sp³-hybridized carbons (Fsp3) is 0.692. The number of nitrogens with one attached hydrogen (secondary N) is 1. The van der Waals surface area contributed by atoms with Crippen LogP contribution in [0.4, 0.5) is 24.8 Å². The number of aromatic nitrogens is 2. The molecule has 2 rings (SSSR count). The van der Waals surface area contributed by atoms with Gasteiger partial charge in [-0.15, -0.1) is 0 Å². The van der Waals surface area contributed by atoms with Crippen LogP contribution >= 0.6 is 0 Å². The normalized spacial score (nSPS) is 26.6. The summed E-state index contributed by atoms with van der Waals surface area (Å²) in [7, 11) is 0. The van der Waals surface area contributed by atoms with Crippen LogP contribution < -0.4 is 11.1 Å². The molecule has 1 aliphatic carbocycles. The Morgan fingerprint density at radius 3 is 2.76 bits per heavy atom. The van der Waals surface area contributed by atoms with Gasteiger partial charge in [-0.05, 0) is 18.8 Å². The highest BCUT2D eigenvalue weighted by atomic mass is 19.4. The molecule has 21 heavy (non-hydrogen) atoms. The van der Waals surface area contributed by atoms with Crippen LogP contribution in [-0.4, -0.2) is 27.2 Å². The van der Waals surface area contributed by atoms with E-state index in [-0.39, 0.29) is 18.2 Å². The Morgan fingerprint density at radius 2 is 2.19 bits per heavy atom. The molecule has 1 heterocycles. The smallest absolute Gasteiger partial charge is 0.394 e. The average molecular weight is 304 g/mol. The topological polar surface area (TPSA) is 84.1 Å². The second kappa shape index (κ2) is 5.67. The Labute approximate surface area is 120 Å². The number of alkyl halides is 3. The van der Waals surface area contributed by atoms with Gasteiger partial charge in [0.1, 0.15) is 11.6 Å². The minimum absolute atomic E-state index is 0.00187. The Hall–Kier alpha value is -1.57. The molecule has 0 bridgehead atoms. The molecule has 0 amide bonds. The zero-order chi connectivity index (χ0) is 15.7. The highest BCUT2D eigenvalue weighted by Crippen LogP contribution is 2.35. The van der Waals surface area contributed by atoms with Gasteiger partial charge in [0.2, 0.25) is 5.82 Å². The molecule has 4 N–H and O–H groups in total. The van der Waals surface area contributed by atoms with Gasteiger partial charge in [0.15, 0.2) is 0 Å². The summed E-state index contributed by atoms with van der Waals surface area (Å²) in [4.78, 5) is 6.68. The molecule has 0 aromatic carbocycles. The molecule has 1 aromatic heterocycles. The van der Waals surface area contributed by atoms with Gasteiger partial charge in [0.05, 0.1) is 12.1 Å². The number of hydrogen-bond acceptors (Lipinski definition) is 5. The lowest BCUT2D eigenvalue weighted by molar-refractivity contribution is -0.144. The first-order chi connectivity index (χ1) is 9.74. The maximum atomic E-state index is 12.7. The summed E-state index contributed by atoms with van der Waals surface area (Å²) >= 11 is 0. The monoisotopic (exact) mass is 304 g/mol. The molecule has 1 saturated carbocycles. The van der Waals surface area contributed by atoms with Gasteiger partial charge in [-0.2, -0.15) is 13.2 Å². The molecule has 0 radical (unpaired) electrons. The Balaban J connectivity index is 2.27. The molecule has 1 fully saturated rings. The number of aliphatic hydroxyl groups excluding tert-OH is 1. The van der Waals surface area contributed by atoms with E-state index in [1.165, 1.54) is 6.07 Å². The molecule has 1 aromatic rings. The Bertz CT molecular complexity index is 509. The van der Waals surface area contributed by atoms with Crippen LogP contribution in [-0.2, 0) is 6.18 Å². The molecule has 0 saturated heterocycles. The molecular weight excluding hydrogens is 285 g/mol. The second-order valence-electron chi connectivity index (χ2n) is 5.76. The summed E-state index contributed by atoms with van der Waals surface area (Å²) in [6.45, 7) is 1.89. The van der Waals surface area contributed by atoms with E-state index in [2.05, 4.69) is 22.2 Å². The van der Waals surface area contributed by atoms with Gasteiger partial charge in [-0.3, -0.25) is 0 Å². The molecule has 118 valence electrons. The van der Waals surface area contributed by atoms with Gasteiger partial charge in [-0.25, -0.2) is 9.97 Å². The number of nitrogens with two attached hydrogens (primary N) is 1. The van der Waals surface area contributed by atoms with E-state index in [1.54, 1.807) is 0 Å². The summed E-state index contributed by atoms with van der Waals surface area (Å²) in [5.74, 6) is -1.14. The number of halogens is 3. The van der Waals surface area contributed by atoms with Crippen molar-refractivity contribution in [2.45, 2.75) is 44.3 Å². The predicted molar refractivity (Wildman–Crippen MR) is 72.5 cm³/mol. The van der Waals surface area contributed by atoms with E-state index in [4.69, 9.17) is 5.73 Å². The fourth-order valence-electron chi connectivity index (χ4n) is 2.89. The average Bonchev–Trinajstić information content (AvgIpc) is 2.37. The third-order valence-electron chi connectivity index (χ3n) is 3.79. The maximum absolute atomic E-state index is 12.7. The van der Waals surface area contributed by atoms with Gasteiger partial charge in [0.25, 0.3) is 0 Å². The molecule has 5 nitrogen and oxygen atoms in total. The van der Waals surface area contributed by atoms with E-state index in [1.807, 2.05) is 0 Å². The van der Waals surface area contributed by atoms with Gasteiger partial charge >= 0.3 is 6.18 Å². The zero-order valence-corrected chi connectivity index (χ0v) is 11.7. The fourth-order valence-corrected chi connectivity index (χ4v) is 2.89. The van der Waals surface area contributed by atoms with Crippen LogP contribution in [0.3, 0.4) is 0 Å². The van der Waals surface area contributed by atoms with Gasteiger partial charge in [0, 0.05) is 6.07 Å². The van der Waals surface area contributed by atoms with Gasteiger partial charge < -0.3 is 16.2 Å². The number of hydrogen-bond donors (Lipinski definition) is 3. The van der Waals surface area contributed by atoms with Crippen molar-refractivity contribution < 1.29 is 18.3 Å². The van der Waals surface area contributed by atoms with Crippen molar-refractivity contribution >= 4 is 11.6 Å². The molecule has 0 aliphatic heterocycles. The molecule has 2 atom stereocenters. The van der Waals surface area contributed by atoms with Crippen LogP contribution in [0.25, 0.3) is 0 Å². The highest BCUT2D eigenvalue weighted by Gasteiger charge is 2.37. The molecule has 8 heteroatoms. The van der Waals surface area contributed by atoms with Crippen molar-refractivity contribution in [1.29, 1.82) is 0 Å². The first-order valence-electron chi connectivity index (χ1n) is 6.85. The minimum Gasteiger partial charge on any atom is -0.394 e. The lowest BCUT2D eigenvalue weighted by Gasteiger charge is -2.39. The van der Waals surface area contributed by atoms with Crippen LogP contribution in [0.1, 0.15) is 38.4 Å². The van der Waals surface area contributed by atoms with Crippen LogP contribution in [0, 0.1) is 5.92 Å². The first kappa shape index (κ1) is 15.8. The standard InChI is InChI=1S/C13H19F3N4O/c1-8-3-2-4-12(6-8,7-21)20-10-5-9(17)18-11(19-10)13(14,15)16/h5,8,21H,2-4,6-7H2,1H3,(H3,17,18,19,20). The first-order valence-corrected chi connectivity index (χ1v) is 6.85. The molecule has 2 unspecified atom stereocenters. The third kappa shape index (κ3) is 3.75. The summed E-state index contributed by atoms with van der Waals surface area (Å²) in [6, 6.07) is 1.26. The number of rotatable bonds is 3. The summed E-state index contributed by atoms with van der Waals surface area (Å²) in [5.41, 5.74) is 4.77. The van der Waals surface area contributed by atoms with E-state index in [0.717, 1.165) is 12.8 Å². The van der Waals surface area contributed by atoms with E-state index in [9.17, 15) is 18.3 Å². The molecular formula is C13H19F3N4O. The third-order valence-corrected chi connectivity index (χ3v) is 3.79. The van der Waals surface area contributed by atoms with Crippen LogP contribution in [0.2, 0.25) is 0 Å². The predicted octanol–water partition coefficient (Wildman–Crippen LogP) is 2.43. The van der Waals surface area contributed by atoms with Crippen molar-refractivity contribution in [3.63, 3.8) is 0 Å². The Kier molecular flexibility index (Phi) is 4.27. The van der Waals surface area contributed by atoms with Crippen molar-refractivity contribution in [3.05, 3.63) is 11.9 Å². The largest absolute Gasteiger partial charge is 0.451 e. The van der Waals surface area contributed by atoms with Crippen molar-refractivity contribution in [2.24, 2.45) is 5.92 Å². The minimum atomic E-state index is -4.65. The lowest BCUT2D eigenvalue weighted by atomic mass is 9.77. The van der Waals surface area contributed by atoms with Crippen molar-refractivity contribution in [1.82, 2.24) is 9.97 Å². The molecule has 1 aliphatic rings. The van der Waals surface area contributed by atoms with Crippen molar-refractivity contribution in [2.75, 3.05) is 17.7 Å². The number of anilines is 2. The number of nitrogens with zero attached hydrogens (tertiary/aromatic N) is 2. The molecule has 0 spiro atoms. The SMILES string of the molecule is CC1CCCC(CO)(Nc2cc(N)nc(C(F)(F)F)n2)C1. The summed E-state index contributed by atoms with van der Waals surface area (Å²) in [6.07, 6.45) is -1.35. The quantitative estimate of drug-likeness (QED) is 0.798.